The third kappa shape index (κ3) is 3.31. The zero-order valence-electron chi connectivity index (χ0n) is 16.6. The van der Waals surface area contributed by atoms with Gasteiger partial charge in [-0.05, 0) is 19.1 Å². The van der Waals surface area contributed by atoms with Crippen LogP contribution in [0.2, 0.25) is 0 Å². The van der Waals surface area contributed by atoms with Crippen LogP contribution in [0.1, 0.15) is 5.82 Å². The van der Waals surface area contributed by atoms with Crippen LogP contribution in [0.25, 0.3) is 22.4 Å². The van der Waals surface area contributed by atoms with E-state index in [1.807, 2.05) is 37.0 Å². The highest BCUT2D eigenvalue weighted by Crippen LogP contribution is 2.30. The highest BCUT2D eigenvalue weighted by Gasteiger charge is 2.28. The number of carbonyl (C=O) groups excluding carboxylic acids is 1. The van der Waals surface area contributed by atoms with Crippen LogP contribution in [0.15, 0.2) is 24.5 Å². The van der Waals surface area contributed by atoms with E-state index in [0.29, 0.717) is 26.3 Å². The molecule has 0 aliphatic carbocycles. The number of aromatic nitrogens is 4. The number of ether oxygens (including phenoxy) is 2. The van der Waals surface area contributed by atoms with E-state index in [9.17, 15) is 4.79 Å². The number of hydrogen-bond acceptors (Lipinski definition) is 6. The summed E-state index contributed by atoms with van der Waals surface area (Å²) in [5.41, 5.74) is 3.81. The van der Waals surface area contributed by atoms with Gasteiger partial charge < -0.3 is 28.8 Å². The number of fused-ring (bicyclic) bond motifs is 1. The maximum atomic E-state index is 12.3. The average Bonchev–Trinajstić information content (AvgIpc) is 3.28. The van der Waals surface area contributed by atoms with Gasteiger partial charge in [-0.1, -0.05) is 0 Å². The highest BCUT2D eigenvalue weighted by atomic mass is 16.6. The lowest BCUT2D eigenvalue weighted by Crippen LogP contribution is -2.51. The van der Waals surface area contributed by atoms with Crippen molar-refractivity contribution in [3.05, 3.63) is 30.4 Å². The van der Waals surface area contributed by atoms with Crippen molar-refractivity contribution < 1.29 is 14.3 Å². The molecule has 152 valence electrons. The lowest BCUT2D eigenvalue weighted by Gasteiger charge is -2.37. The number of amides is 1. The molecule has 2 aliphatic rings. The van der Waals surface area contributed by atoms with Crippen LogP contribution in [-0.4, -0.2) is 76.0 Å². The average molecular weight is 396 g/mol. The molecule has 0 unspecified atom stereocenters. The van der Waals surface area contributed by atoms with Crippen LogP contribution in [0, 0.1) is 6.92 Å². The molecule has 2 fully saturated rings. The second-order valence-electron chi connectivity index (χ2n) is 7.58. The Morgan fingerprint density at radius 2 is 2.07 bits per heavy atom. The predicted octanol–water partition coefficient (Wildman–Crippen LogP) is 1.93. The van der Waals surface area contributed by atoms with Crippen molar-refractivity contribution in [3.63, 3.8) is 0 Å². The summed E-state index contributed by atoms with van der Waals surface area (Å²) in [4.78, 5) is 28.8. The maximum Gasteiger partial charge on any atom is 0.410 e. The lowest BCUT2D eigenvalue weighted by molar-refractivity contribution is -0.104. The molecule has 29 heavy (non-hydrogen) atoms. The van der Waals surface area contributed by atoms with Gasteiger partial charge in [-0.25, -0.2) is 14.8 Å². The summed E-state index contributed by atoms with van der Waals surface area (Å²) in [6, 6.07) is 4.14. The molecule has 0 radical (unpaired) electrons. The molecular formula is C20H24N6O3. The summed E-state index contributed by atoms with van der Waals surface area (Å²) in [5, 5.41) is 1.06. The fourth-order valence-electron chi connectivity index (χ4n) is 3.74. The van der Waals surface area contributed by atoms with Crippen LogP contribution in [0.4, 0.5) is 10.5 Å². The number of anilines is 1. The Bertz CT molecular complexity index is 1030. The molecule has 2 aliphatic heterocycles. The van der Waals surface area contributed by atoms with Gasteiger partial charge in [0.05, 0.1) is 18.9 Å². The molecular weight excluding hydrogens is 372 g/mol. The summed E-state index contributed by atoms with van der Waals surface area (Å²) in [6.07, 6.45) is 3.50. The lowest BCUT2D eigenvalue weighted by atomic mass is 10.2. The van der Waals surface area contributed by atoms with Gasteiger partial charge in [-0.2, -0.15) is 0 Å². The Balaban J connectivity index is 1.33. The number of H-pyrrole nitrogens is 1. The SMILES string of the molecule is Cc1nc(-c2cc3c(N4CCN(C(=O)OC5COC5)CC4)ccnc3[nH]2)cn1C. The number of imidazole rings is 1. The molecule has 9 heteroatoms. The third-order valence-corrected chi connectivity index (χ3v) is 5.65. The first-order valence-corrected chi connectivity index (χ1v) is 9.85. The van der Waals surface area contributed by atoms with Gasteiger partial charge in [0.25, 0.3) is 0 Å². The third-order valence-electron chi connectivity index (χ3n) is 5.65. The molecule has 0 spiro atoms. The minimum Gasteiger partial charge on any atom is -0.441 e. The Morgan fingerprint density at radius 3 is 2.72 bits per heavy atom. The van der Waals surface area contributed by atoms with Crippen LogP contribution in [0.5, 0.6) is 0 Å². The van der Waals surface area contributed by atoms with Gasteiger partial charge in [-0.3, -0.25) is 0 Å². The summed E-state index contributed by atoms with van der Waals surface area (Å²) in [7, 11) is 1.99. The first-order chi connectivity index (χ1) is 14.1. The van der Waals surface area contributed by atoms with Crippen molar-refractivity contribution >= 4 is 22.8 Å². The molecule has 5 heterocycles. The second-order valence-corrected chi connectivity index (χ2v) is 7.58. The Morgan fingerprint density at radius 1 is 1.28 bits per heavy atom. The minimum atomic E-state index is -0.243. The molecule has 9 nitrogen and oxygen atoms in total. The van der Waals surface area contributed by atoms with Crippen molar-refractivity contribution in [3.8, 4) is 11.4 Å². The molecule has 5 rings (SSSR count). The van der Waals surface area contributed by atoms with Crippen molar-refractivity contribution in [1.29, 1.82) is 0 Å². The number of aromatic amines is 1. The number of pyridine rings is 1. The topological polar surface area (TPSA) is 88.5 Å². The Labute approximate surface area is 168 Å². The number of aryl methyl sites for hydroxylation is 2. The monoisotopic (exact) mass is 396 g/mol. The van der Waals surface area contributed by atoms with Gasteiger partial charge in [-0.15, -0.1) is 0 Å². The van der Waals surface area contributed by atoms with Gasteiger partial charge >= 0.3 is 6.09 Å². The van der Waals surface area contributed by atoms with Gasteiger partial charge in [0.15, 0.2) is 6.10 Å². The molecule has 0 atom stereocenters. The first kappa shape index (κ1) is 18.0. The van der Waals surface area contributed by atoms with E-state index in [1.165, 1.54) is 0 Å². The fraction of sp³-hybridized carbons (Fsp3) is 0.450. The summed E-state index contributed by atoms with van der Waals surface area (Å²) in [6.45, 7) is 5.76. The first-order valence-electron chi connectivity index (χ1n) is 9.85. The van der Waals surface area contributed by atoms with Crippen LogP contribution >= 0.6 is 0 Å². The predicted molar refractivity (Wildman–Crippen MR) is 108 cm³/mol. The molecule has 0 bridgehead atoms. The van der Waals surface area contributed by atoms with Crippen LogP contribution < -0.4 is 4.90 Å². The molecule has 3 aromatic heterocycles. The fourth-order valence-corrected chi connectivity index (χ4v) is 3.74. The summed E-state index contributed by atoms with van der Waals surface area (Å²) >= 11 is 0. The van der Waals surface area contributed by atoms with E-state index in [-0.39, 0.29) is 12.2 Å². The van der Waals surface area contributed by atoms with Crippen LogP contribution in [-0.2, 0) is 16.5 Å². The molecule has 1 N–H and O–H groups in total. The normalized spacial score (nSPS) is 17.6. The maximum absolute atomic E-state index is 12.3. The summed E-state index contributed by atoms with van der Waals surface area (Å²) in [5.74, 6) is 0.961. The van der Waals surface area contributed by atoms with E-state index >= 15 is 0 Å². The number of nitrogens with one attached hydrogen (secondary N) is 1. The molecule has 3 aromatic rings. The molecule has 2 saturated heterocycles. The van der Waals surface area contributed by atoms with Gasteiger partial charge in [0, 0.05) is 56.7 Å². The second kappa shape index (κ2) is 7.07. The van der Waals surface area contributed by atoms with Gasteiger partial charge in [0.2, 0.25) is 0 Å². The molecule has 0 saturated carbocycles. The van der Waals surface area contributed by atoms with Crippen molar-refractivity contribution in [2.75, 3.05) is 44.3 Å². The van der Waals surface area contributed by atoms with E-state index in [0.717, 1.165) is 47.0 Å². The zero-order valence-corrected chi connectivity index (χ0v) is 16.6. The standard InChI is InChI=1S/C20H24N6O3/c1-13-22-17(10-24(13)2)16-9-15-18(3-4-21-19(15)23-16)25-5-7-26(8-6-25)20(27)29-14-11-28-12-14/h3-4,9-10,14H,5-8,11-12H2,1-2H3,(H,21,23). The van der Waals surface area contributed by atoms with E-state index < -0.39 is 0 Å². The quantitative estimate of drug-likeness (QED) is 0.728. The number of piperazine rings is 1. The number of hydrogen-bond donors (Lipinski definition) is 1. The zero-order chi connectivity index (χ0) is 20.0. The van der Waals surface area contributed by atoms with Crippen molar-refractivity contribution in [2.24, 2.45) is 7.05 Å². The smallest absolute Gasteiger partial charge is 0.410 e. The Hall–Kier alpha value is -3.07. The van der Waals surface area contributed by atoms with E-state index in [1.54, 1.807) is 4.90 Å². The van der Waals surface area contributed by atoms with Gasteiger partial charge in [0.1, 0.15) is 17.2 Å². The van der Waals surface area contributed by atoms with E-state index in [2.05, 4.69) is 25.9 Å². The summed E-state index contributed by atoms with van der Waals surface area (Å²) < 4.78 is 12.5. The number of carbonyl (C=O) groups is 1. The molecule has 0 aromatic carbocycles. The number of nitrogens with zero attached hydrogens (tertiary/aromatic N) is 5. The largest absolute Gasteiger partial charge is 0.441 e. The van der Waals surface area contributed by atoms with Crippen molar-refractivity contribution in [2.45, 2.75) is 13.0 Å². The van der Waals surface area contributed by atoms with E-state index in [4.69, 9.17) is 9.47 Å². The highest BCUT2D eigenvalue weighted by molar-refractivity contribution is 5.93. The van der Waals surface area contributed by atoms with Crippen molar-refractivity contribution in [1.82, 2.24) is 24.4 Å². The minimum absolute atomic E-state index is 0.0890. The Kier molecular flexibility index (Phi) is 4.39. The molecule has 1 amide bonds. The number of rotatable bonds is 3. The van der Waals surface area contributed by atoms with Crippen LogP contribution in [0.3, 0.4) is 0 Å².